The number of ether oxygens (including phenoxy) is 2. The number of hydrogen-bond donors (Lipinski definition) is 0. The van der Waals surface area contributed by atoms with Crippen LogP contribution in [0.3, 0.4) is 0 Å². The van der Waals surface area contributed by atoms with Crippen LogP contribution in [-0.4, -0.2) is 70.0 Å². The maximum atomic E-state index is 12.5. The molecule has 1 saturated heterocycles. The Bertz CT molecular complexity index is 741. The molecule has 0 atom stereocenters. The van der Waals surface area contributed by atoms with E-state index in [-0.39, 0.29) is 12.7 Å². The summed E-state index contributed by atoms with van der Waals surface area (Å²) in [5.41, 5.74) is 1.11. The molecule has 0 N–H and O–H groups in total. The lowest BCUT2D eigenvalue weighted by Crippen LogP contribution is -2.49. The molecule has 2 aromatic rings. The van der Waals surface area contributed by atoms with Crippen LogP contribution >= 0.6 is 0 Å². The third kappa shape index (κ3) is 3.96. The molecule has 138 valence electrons. The highest BCUT2D eigenvalue weighted by Gasteiger charge is 2.21. The second-order valence-corrected chi connectivity index (χ2v) is 6.57. The second kappa shape index (κ2) is 7.74. The van der Waals surface area contributed by atoms with Crippen LogP contribution < -0.4 is 9.47 Å². The fraction of sp³-hybridized carbons (Fsp3) is 0.500. The predicted octanol–water partition coefficient (Wildman–Crippen LogP) is 0.784. The van der Waals surface area contributed by atoms with E-state index in [9.17, 15) is 4.79 Å². The molecule has 1 amide bonds. The largest absolute Gasteiger partial charge is 0.454 e. The van der Waals surface area contributed by atoms with Crippen molar-refractivity contribution in [2.45, 2.75) is 19.4 Å². The average Bonchev–Trinajstić information content (AvgIpc) is 3.36. The Morgan fingerprint density at radius 1 is 1.08 bits per heavy atom. The van der Waals surface area contributed by atoms with Crippen LogP contribution in [0, 0.1) is 0 Å². The quantitative estimate of drug-likeness (QED) is 0.761. The summed E-state index contributed by atoms with van der Waals surface area (Å²) >= 11 is 0. The second-order valence-electron chi connectivity index (χ2n) is 6.57. The maximum absolute atomic E-state index is 12.5. The Morgan fingerprint density at radius 3 is 2.73 bits per heavy atom. The smallest absolute Gasteiger partial charge is 0.231 e. The summed E-state index contributed by atoms with van der Waals surface area (Å²) in [6, 6.07) is 5.89. The summed E-state index contributed by atoms with van der Waals surface area (Å²) < 4.78 is 12.5. The van der Waals surface area contributed by atoms with Crippen molar-refractivity contribution in [2.24, 2.45) is 0 Å². The first-order valence-electron chi connectivity index (χ1n) is 8.99. The van der Waals surface area contributed by atoms with Crippen molar-refractivity contribution in [1.82, 2.24) is 24.6 Å². The van der Waals surface area contributed by atoms with Gasteiger partial charge in [-0.2, -0.15) is 5.10 Å². The minimum atomic E-state index is 0.221. The fourth-order valence-electron chi connectivity index (χ4n) is 3.32. The van der Waals surface area contributed by atoms with Gasteiger partial charge >= 0.3 is 0 Å². The highest BCUT2D eigenvalue weighted by molar-refractivity contribution is 5.76. The summed E-state index contributed by atoms with van der Waals surface area (Å²) in [5.74, 6) is 1.77. The molecule has 8 nitrogen and oxygen atoms in total. The number of carbonyl (C=O) groups excluding carboxylic acids is 1. The van der Waals surface area contributed by atoms with Crippen molar-refractivity contribution in [1.29, 1.82) is 0 Å². The number of piperazine rings is 1. The van der Waals surface area contributed by atoms with Crippen LogP contribution in [-0.2, 0) is 17.8 Å². The fourth-order valence-corrected chi connectivity index (χ4v) is 3.32. The number of benzene rings is 1. The zero-order valence-corrected chi connectivity index (χ0v) is 14.7. The normalized spacial score (nSPS) is 16.8. The van der Waals surface area contributed by atoms with Gasteiger partial charge in [0.15, 0.2) is 11.5 Å². The van der Waals surface area contributed by atoms with E-state index in [4.69, 9.17) is 9.47 Å². The van der Waals surface area contributed by atoms with Gasteiger partial charge in [0.1, 0.15) is 12.7 Å². The summed E-state index contributed by atoms with van der Waals surface area (Å²) in [5, 5.41) is 4.12. The van der Waals surface area contributed by atoms with Gasteiger partial charge in [-0.05, 0) is 24.1 Å². The van der Waals surface area contributed by atoms with Crippen molar-refractivity contribution in [3.05, 3.63) is 36.4 Å². The average molecular weight is 357 g/mol. The molecular weight excluding hydrogens is 334 g/mol. The van der Waals surface area contributed by atoms with Gasteiger partial charge in [0.25, 0.3) is 0 Å². The van der Waals surface area contributed by atoms with Crippen molar-refractivity contribution >= 4 is 5.91 Å². The minimum Gasteiger partial charge on any atom is -0.454 e. The standard InChI is InChI=1S/C18H23N5O3/c24-18(4-2-15-1-3-16-17(11-15)26-14-25-16)22-8-5-21(6-9-22)7-10-23-13-19-12-20-23/h1,3,11-13H,2,4-10,14H2. The molecule has 0 saturated carbocycles. The molecule has 8 heteroatoms. The lowest BCUT2D eigenvalue weighted by molar-refractivity contribution is -0.132. The van der Waals surface area contributed by atoms with Gasteiger partial charge in [-0.3, -0.25) is 14.4 Å². The summed E-state index contributed by atoms with van der Waals surface area (Å²) in [6.07, 6.45) is 4.53. The van der Waals surface area contributed by atoms with Gasteiger partial charge in [-0.15, -0.1) is 0 Å². The summed E-state index contributed by atoms with van der Waals surface area (Å²) in [4.78, 5) is 20.8. The highest BCUT2D eigenvalue weighted by Crippen LogP contribution is 2.32. The van der Waals surface area contributed by atoms with Gasteiger partial charge in [-0.25, -0.2) is 4.98 Å². The number of aryl methyl sites for hydroxylation is 1. The number of fused-ring (bicyclic) bond motifs is 1. The molecule has 3 heterocycles. The van der Waals surface area contributed by atoms with Crippen LogP contribution in [0.1, 0.15) is 12.0 Å². The Hall–Kier alpha value is -2.61. The Morgan fingerprint density at radius 2 is 1.92 bits per heavy atom. The molecule has 2 aliphatic heterocycles. The number of hydrogen-bond acceptors (Lipinski definition) is 6. The van der Waals surface area contributed by atoms with E-state index in [1.807, 2.05) is 27.8 Å². The Kier molecular flexibility index (Phi) is 5.01. The molecule has 1 aromatic heterocycles. The number of carbonyl (C=O) groups is 1. The van der Waals surface area contributed by atoms with Crippen molar-refractivity contribution in [2.75, 3.05) is 39.5 Å². The van der Waals surface area contributed by atoms with Crippen LogP contribution in [0.4, 0.5) is 0 Å². The summed E-state index contributed by atoms with van der Waals surface area (Å²) in [6.45, 7) is 5.43. The molecule has 0 spiro atoms. The highest BCUT2D eigenvalue weighted by atomic mass is 16.7. The van der Waals surface area contributed by atoms with Gasteiger partial charge in [0.05, 0.1) is 6.54 Å². The van der Waals surface area contributed by atoms with E-state index >= 15 is 0 Å². The molecule has 26 heavy (non-hydrogen) atoms. The topological polar surface area (TPSA) is 72.7 Å². The molecule has 4 rings (SSSR count). The van der Waals surface area contributed by atoms with Crippen LogP contribution in [0.15, 0.2) is 30.9 Å². The molecular formula is C18H23N5O3. The van der Waals surface area contributed by atoms with E-state index < -0.39 is 0 Å². The van der Waals surface area contributed by atoms with Crippen LogP contribution in [0.5, 0.6) is 11.5 Å². The van der Waals surface area contributed by atoms with Crippen molar-refractivity contribution in [3.8, 4) is 11.5 Å². The van der Waals surface area contributed by atoms with E-state index in [1.54, 1.807) is 12.7 Å². The molecule has 2 aliphatic rings. The molecule has 0 aliphatic carbocycles. The number of amides is 1. The molecule has 0 radical (unpaired) electrons. The monoisotopic (exact) mass is 357 g/mol. The van der Waals surface area contributed by atoms with Crippen LogP contribution in [0.25, 0.3) is 0 Å². The zero-order chi connectivity index (χ0) is 17.8. The molecule has 0 bridgehead atoms. The Labute approximate surface area is 152 Å². The predicted molar refractivity (Wildman–Crippen MR) is 93.9 cm³/mol. The summed E-state index contributed by atoms with van der Waals surface area (Å²) in [7, 11) is 0. The third-order valence-electron chi connectivity index (χ3n) is 4.90. The van der Waals surface area contributed by atoms with E-state index in [0.29, 0.717) is 6.42 Å². The molecule has 0 unspecified atom stereocenters. The Balaban J connectivity index is 1.20. The molecule has 1 aromatic carbocycles. The lowest BCUT2D eigenvalue weighted by Gasteiger charge is -2.34. The van der Waals surface area contributed by atoms with Crippen LogP contribution in [0.2, 0.25) is 0 Å². The first kappa shape index (κ1) is 16.8. The van der Waals surface area contributed by atoms with E-state index in [1.165, 1.54) is 0 Å². The van der Waals surface area contributed by atoms with Crippen molar-refractivity contribution in [3.63, 3.8) is 0 Å². The lowest BCUT2D eigenvalue weighted by atomic mass is 10.1. The minimum absolute atomic E-state index is 0.221. The maximum Gasteiger partial charge on any atom is 0.231 e. The van der Waals surface area contributed by atoms with E-state index in [2.05, 4.69) is 15.0 Å². The first-order chi connectivity index (χ1) is 12.8. The first-order valence-corrected chi connectivity index (χ1v) is 8.99. The number of aromatic nitrogens is 3. The van der Waals surface area contributed by atoms with Gasteiger partial charge in [0, 0.05) is 39.1 Å². The van der Waals surface area contributed by atoms with Gasteiger partial charge in [0.2, 0.25) is 12.7 Å². The zero-order valence-electron chi connectivity index (χ0n) is 14.7. The van der Waals surface area contributed by atoms with Gasteiger partial charge < -0.3 is 14.4 Å². The molecule has 1 fully saturated rings. The number of nitrogens with zero attached hydrogens (tertiary/aromatic N) is 5. The van der Waals surface area contributed by atoms with Crippen molar-refractivity contribution < 1.29 is 14.3 Å². The SMILES string of the molecule is O=C(CCc1ccc2c(c1)OCO2)N1CCN(CCn2cncn2)CC1. The van der Waals surface area contributed by atoms with E-state index in [0.717, 1.165) is 62.8 Å². The third-order valence-corrected chi connectivity index (χ3v) is 4.90. The number of rotatable bonds is 6. The van der Waals surface area contributed by atoms with Gasteiger partial charge in [-0.1, -0.05) is 6.07 Å².